The number of hydrogen-bond acceptors (Lipinski definition) is 3. The number of hydrogen-bond donors (Lipinski definition) is 1. The van der Waals surface area contributed by atoms with Crippen molar-refractivity contribution in [3.8, 4) is 0 Å². The number of halogens is 3. The number of benzene rings is 1. The number of aromatic nitrogens is 1. The van der Waals surface area contributed by atoms with Crippen LogP contribution in [0.5, 0.6) is 0 Å². The number of pyridine rings is 1. The fourth-order valence-electron chi connectivity index (χ4n) is 2.07. The van der Waals surface area contributed by atoms with Gasteiger partial charge in [0.1, 0.15) is 0 Å². The van der Waals surface area contributed by atoms with Crippen LogP contribution in [0, 0.1) is 17.5 Å². The molecule has 1 aromatic carbocycles. The molecule has 6 heteroatoms. The monoisotopic (exact) mass is 308 g/mol. The largest absolute Gasteiger partial charge is 0.378 e. The molecule has 0 radical (unpaired) electrons. The summed E-state index contributed by atoms with van der Waals surface area (Å²) in [4.78, 5) is 4.32. The van der Waals surface area contributed by atoms with Gasteiger partial charge >= 0.3 is 0 Å². The van der Waals surface area contributed by atoms with Crippen molar-refractivity contribution < 1.29 is 13.2 Å². The van der Waals surface area contributed by atoms with Crippen LogP contribution >= 0.6 is 11.3 Å². The van der Waals surface area contributed by atoms with Crippen molar-refractivity contribution in [3.63, 3.8) is 0 Å². The molecule has 0 amide bonds. The van der Waals surface area contributed by atoms with Crippen LogP contribution in [0.4, 0.5) is 18.9 Å². The molecule has 3 rings (SSSR count). The highest BCUT2D eigenvalue weighted by Gasteiger charge is 2.13. The van der Waals surface area contributed by atoms with Gasteiger partial charge < -0.3 is 5.32 Å². The van der Waals surface area contributed by atoms with Gasteiger partial charge in [-0.05, 0) is 30.0 Å². The van der Waals surface area contributed by atoms with Crippen LogP contribution in [-0.4, -0.2) is 4.98 Å². The highest BCUT2D eigenvalue weighted by Crippen LogP contribution is 2.26. The molecule has 0 aliphatic carbocycles. The van der Waals surface area contributed by atoms with E-state index in [0.717, 1.165) is 27.9 Å². The van der Waals surface area contributed by atoms with Crippen molar-refractivity contribution in [3.05, 3.63) is 58.9 Å². The maximum atomic E-state index is 13.2. The van der Waals surface area contributed by atoms with Crippen LogP contribution in [0.25, 0.3) is 10.2 Å². The molecular weight excluding hydrogens is 297 g/mol. The molecule has 0 spiro atoms. The smallest absolute Gasteiger partial charge is 0.194 e. The van der Waals surface area contributed by atoms with Crippen molar-refractivity contribution in [2.45, 2.75) is 13.0 Å². The molecule has 2 heterocycles. The predicted octanol–water partition coefficient (Wildman–Crippen LogP) is 4.89. The van der Waals surface area contributed by atoms with Gasteiger partial charge in [-0.1, -0.05) is 0 Å². The zero-order valence-corrected chi connectivity index (χ0v) is 11.8. The second-order valence-electron chi connectivity index (χ2n) is 4.69. The number of nitrogens with zero attached hydrogens (tertiary/aromatic N) is 1. The molecule has 0 saturated heterocycles. The molecule has 0 saturated carbocycles. The fraction of sp³-hybridized carbons (Fsp3) is 0.133. The topological polar surface area (TPSA) is 24.9 Å². The molecule has 0 fully saturated rings. The van der Waals surface area contributed by atoms with Gasteiger partial charge in [0.05, 0.1) is 16.3 Å². The van der Waals surface area contributed by atoms with Crippen LogP contribution in [0.2, 0.25) is 0 Å². The third-order valence-corrected chi connectivity index (χ3v) is 4.04. The summed E-state index contributed by atoms with van der Waals surface area (Å²) in [6, 6.07) is 5.55. The van der Waals surface area contributed by atoms with E-state index < -0.39 is 17.5 Å². The lowest BCUT2D eigenvalue weighted by molar-refractivity contribution is 0.447. The van der Waals surface area contributed by atoms with Gasteiger partial charge in [0, 0.05) is 24.0 Å². The van der Waals surface area contributed by atoms with E-state index >= 15 is 0 Å². The maximum absolute atomic E-state index is 13.2. The van der Waals surface area contributed by atoms with Gasteiger partial charge in [0.25, 0.3) is 0 Å². The molecule has 1 atom stereocenters. The van der Waals surface area contributed by atoms with Crippen molar-refractivity contribution in [2.75, 3.05) is 5.32 Å². The summed E-state index contributed by atoms with van der Waals surface area (Å²) in [5.74, 6) is -3.89. The molecule has 108 valence electrons. The van der Waals surface area contributed by atoms with E-state index in [-0.39, 0.29) is 11.7 Å². The Kier molecular flexibility index (Phi) is 3.55. The lowest BCUT2D eigenvalue weighted by atomic mass is 10.1. The van der Waals surface area contributed by atoms with Crippen LogP contribution in [0.3, 0.4) is 0 Å². The van der Waals surface area contributed by atoms with Gasteiger partial charge in [0.2, 0.25) is 0 Å². The lowest BCUT2D eigenvalue weighted by Gasteiger charge is -2.16. The van der Waals surface area contributed by atoms with E-state index in [1.807, 2.05) is 24.4 Å². The van der Waals surface area contributed by atoms with Crippen molar-refractivity contribution in [1.82, 2.24) is 4.98 Å². The molecule has 0 aliphatic rings. The standard InChI is InChI=1S/C15H11F3N2S/c1-8(9-4-14-13(19-7-9)2-3-21-14)20-10-5-11(16)15(18)12(17)6-10/h2-8,20H,1H3. The molecule has 2 nitrogen and oxygen atoms in total. The summed E-state index contributed by atoms with van der Waals surface area (Å²) < 4.78 is 40.4. The predicted molar refractivity (Wildman–Crippen MR) is 78.0 cm³/mol. The number of nitrogens with one attached hydrogen (secondary N) is 1. The van der Waals surface area contributed by atoms with E-state index in [2.05, 4.69) is 10.3 Å². The Morgan fingerprint density at radius 1 is 1.14 bits per heavy atom. The van der Waals surface area contributed by atoms with Crippen LogP contribution in [-0.2, 0) is 0 Å². The van der Waals surface area contributed by atoms with Gasteiger partial charge in [-0.15, -0.1) is 11.3 Å². The third-order valence-electron chi connectivity index (χ3n) is 3.19. The summed E-state index contributed by atoms with van der Waals surface area (Å²) in [6.07, 6.45) is 1.71. The van der Waals surface area contributed by atoms with Gasteiger partial charge in [-0.3, -0.25) is 4.98 Å². The Morgan fingerprint density at radius 3 is 2.57 bits per heavy atom. The SMILES string of the molecule is CC(Nc1cc(F)c(F)c(F)c1)c1cnc2ccsc2c1. The maximum Gasteiger partial charge on any atom is 0.194 e. The Bertz CT molecular complexity index is 777. The zero-order valence-electron chi connectivity index (χ0n) is 11.0. The first-order valence-electron chi connectivity index (χ1n) is 6.29. The highest BCUT2D eigenvalue weighted by molar-refractivity contribution is 7.17. The normalized spacial score (nSPS) is 12.6. The summed E-state index contributed by atoms with van der Waals surface area (Å²) in [5, 5.41) is 4.89. The van der Waals surface area contributed by atoms with Crippen LogP contribution < -0.4 is 5.32 Å². The minimum absolute atomic E-state index is 0.185. The quantitative estimate of drug-likeness (QED) is 0.697. The molecule has 0 aliphatic heterocycles. The Labute approximate surface area is 123 Å². The van der Waals surface area contributed by atoms with Crippen molar-refractivity contribution in [1.29, 1.82) is 0 Å². The van der Waals surface area contributed by atoms with Gasteiger partial charge in [-0.25, -0.2) is 13.2 Å². The van der Waals surface area contributed by atoms with E-state index in [1.165, 1.54) is 0 Å². The van der Waals surface area contributed by atoms with E-state index in [0.29, 0.717) is 0 Å². The molecule has 0 bridgehead atoms. The second-order valence-corrected chi connectivity index (χ2v) is 5.64. The molecular formula is C15H11F3N2S. The van der Waals surface area contributed by atoms with Crippen molar-refractivity contribution in [2.24, 2.45) is 0 Å². The Morgan fingerprint density at radius 2 is 1.86 bits per heavy atom. The molecule has 3 aromatic rings. The second kappa shape index (κ2) is 5.37. The van der Waals surface area contributed by atoms with E-state index in [4.69, 9.17) is 0 Å². The number of fused-ring (bicyclic) bond motifs is 1. The molecule has 1 N–H and O–H groups in total. The van der Waals surface area contributed by atoms with E-state index in [9.17, 15) is 13.2 Å². The minimum atomic E-state index is -1.46. The van der Waals surface area contributed by atoms with Crippen molar-refractivity contribution >= 4 is 27.2 Å². The minimum Gasteiger partial charge on any atom is -0.378 e. The highest BCUT2D eigenvalue weighted by atomic mass is 32.1. The Balaban J connectivity index is 1.86. The number of thiophene rings is 1. The van der Waals surface area contributed by atoms with E-state index in [1.54, 1.807) is 17.5 Å². The summed E-state index contributed by atoms with van der Waals surface area (Å²) >= 11 is 1.57. The average Bonchev–Trinajstić information content (AvgIpc) is 2.91. The fourth-order valence-corrected chi connectivity index (χ4v) is 2.86. The zero-order chi connectivity index (χ0) is 15.0. The first kappa shape index (κ1) is 13.9. The first-order chi connectivity index (χ1) is 10.0. The van der Waals surface area contributed by atoms with Gasteiger partial charge in [0.15, 0.2) is 17.5 Å². The molecule has 21 heavy (non-hydrogen) atoms. The molecule has 2 aromatic heterocycles. The van der Waals surface area contributed by atoms with Gasteiger partial charge in [-0.2, -0.15) is 0 Å². The summed E-state index contributed by atoms with van der Waals surface area (Å²) in [6.45, 7) is 1.84. The van der Waals surface area contributed by atoms with Crippen LogP contribution in [0.15, 0.2) is 35.8 Å². The average molecular weight is 308 g/mol. The summed E-state index contributed by atoms with van der Waals surface area (Å²) in [5.41, 5.74) is 1.98. The third kappa shape index (κ3) is 2.71. The van der Waals surface area contributed by atoms with Crippen LogP contribution in [0.1, 0.15) is 18.5 Å². The summed E-state index contributed by atoms with van der Waals surface area (Å²) in [7, 11) is 0. The Hall–Kier alpha value is -2.08. The molecule has 1 unspecified atom stereocenters. The number of rotatable bonds is 3. The first-order valence-corrected chi connectivity index (χ1v) is 7.17. The number of anilines is 1. The lowest BCUT2D eigenvalue weighted by Crippen LogP contribution is -2.08.